The Kier molecular flexibility index (Phi) is 4.93. The highest BCUT2D eigenvalue weighted by Gasteiger charge is 2.26. The molecule has 0 radical (unpaired) electrons. The molecule has 2 rings (SSSR count). The molecule has 5 heteroatoms. The Bertz CT molecular complexity index is 461. The molecule has 1 N–H and O–H groups in total. The van der Waals surface area contributed by atoms with E-state index in [9.17, 15) is 14.3 Å². The van der Waals surface area contributed by atoms with E-state index < -0.39 is 17.7 Å². The molecule has 0 bridgehead atoms. The number of carboxylic acid groups (broad SMARTS) is 1. The van der Waals surface area contributed by atoms with E-state index in [1.807, 2.05) is 0 Å². The first-order valence-corrected chi connectivity index (χ1v) is 7.27. The van der Waals surface area contributed by atoms with Gasteiger partial charge in [-0.25, -0.2) is 4.39 Å². The second-order valence-electron chi connectivity index (χ2n) is 4.92. The van der Waals surface area contributed by atoms with Crippen LogP contribution in [0.1, 0.15) is 30.7 Å². The highest BCUT2D eigenvalue weighted by molar-refractivity contribution is 9.10. The van der Waals surface area contributed by atoms with Gasteiger partial charge in [-0.1, -0.05) is 22.4 Å². The number of rotatable bonds is 4. The van der Waals surface area contributed by atoms with Crippen LogP contribution in [-0.2, 0) is 4.79 Å². The topological polar surface area (TPSA) is 40.5 Å². The van der Waals surface area contributed by atoms with Crippen LogP contribution in [0.5, 0.6) is 0 Å². The van der Waals surface area contributed by atoms with Gasteiger partial charge in [-0.15, -0.1) is 0 Å². The van der Waals surface area contributed by atoms with Crippen LogP contribution in [0.25, 0.3) is 0 Å². The predicted octanol–water partition coefficient (Wildman–Crippen LogP) is 3.24. The number of hydrogen-bond donors (Lipinski definition) is 1. The molecule has 1 aromatic carbocycles. The van der Waals surface area contributed by atoms with Crippen LogP contribution in [0.3, 0.4) is 0 Å². The van der Waals surface area contributed by atoms with E-state index in [1.165, 1.54) is 12.5 Å². The van der Waals surface area contributed by atoms with Crippen molar-refractivity contribution in [2.45, 2.75) is 25.2 Å². The quantitative estimate of drug-likeness (QED) is 0.921. The molecule has 0 aromatic heterocycles. The van der Waals surface area contributed by atoms with E-state index in [1.54, 1.807) is 12.1 Å². The standard InChI is InChI=1S/C14H17BrFNO2/c15-10-4-5-13(16)11(8-10)12(14(18)19)9-17-6-2-1-3-7-17/h4-5,8,12H,1-3,6-7,9H2,(H,18,19). The van der Waals surface area contributed by atoms with Crippen LogP contribution in [0, 0.1) is 5.82 Å². The van der Waals surface area contributed by atoms with Gasteiger partial charge < -0.3 is 10.0 Å². The van der Waals surface area contributed by atoms with Crippen LogP contribution in [0.4, 0.5) is 4.39 Å². The maximum absolute atomic E-state index is 13.8. The summed E-state index contributed by atoms with van der Waals surface area (Å²) in [6, 6.07) is 4.46. The Morgan fingerprint density at radius 1 is 1.37 bits per heavy atom. The average molecular weight is 330 g/mol. The molecule has 1 aliphatic rings. The van der Waals surface area contributed by atoms with Gasteiger partial charge in [0, 0.05) is 16.6 Å². The molecule has 1 aromatic rings. The van der Waals surface area contributed by atoms with E-state index in [4.69, 9.17) is 0 Å². The van der Waals surface area contributed by atoms with Crippen molar-refractivity contribution in [2.75, 3.05) is 19.6 Å². The van der Waals surface area contributed by atoms with Crippen LogP contribution < -0.4 is 0 Å². The van der Waals surface area contributed by atoms with Crippen molar-refractivity contribution < 1.29 is 14.3 Å². The summed E-state index contributed by atoms with van der Waals surface area (Å²) in [5, 5.41) is 9.36. The van der Waals surface area contributed by atoms with Gasteiger partial charge in [-0.2, -0.15) is 0 Å². The molecular formula is C14H17BrFNO2. The number of carbonyl (C=O) groups is 1. The Morgan fingerprint density at radius 2 is 2.05 bits per heavy atom. The second kappa shape index (κ2) is 6.48. The molecule has 0 spiro atoms. The van der Waals surface area contributed by atoms with Gasteiger partial charge in [0.1, 0.15) is 5.82 Å². The Balaban J connectivity index is 2.19. The monoisotopic (exact) mass is 329 g/mol. The normalized spacial score (nSPS) is 18.2. The van der Waals surface area contributed by atoms with Crippen molar-refractivity contribution in [3.05, 3.63) is 34.1 Å². The lowest BCUT2D eigenvalue weighted by atomic mass is 9.97. The fraction of sp³-hybridized carbons (Fsp3) is 0.500. The molecule has 1 unspecified atom stereocenters. The molecule has 104 valence electrons. The molecule has 0 aliphatic carbocycles. The Hall–Kier alpha value is -0.940. The molecule has 0 saturated carbocycles. The maximum Gasteiger partial charge on any atom is 0.312 e. The number of benzene rings is 1. The van der Waals surface area contributed by atoms with Gasteiger partial charge in [-0.3, -0.25) is 4.79 Å². The van der Waals surface area contributed by atoms with Crippen molar-refractivity contribution in [1.82, 2.24) is 4.90 Å². The second-order valence-corrected chi connectivity index (χ2v) is 5.83. The van der Waals surface area contributed by atoms with Crippen LogP contribution in [0.2, 0.25) is 0 Å². The van der Waals surface area contributed by atoms with Gasteiger partial charge in [0.2, 0.25) is 0 Å². The molecule has 0 amide bonds. The summed E-state index contributed by atoms with van der Waals surface area (Å²) in [6.45, 7) is 2.18. The SMILES string of the molecule is O=C(O)C(CN1CCCCC1)c1cc(Br)ccc1F. The summed E-state index contributed by atoms with van der Waals surface area (Å²) in [5.74, 6) is -2.23. The lowest BCUT2D eigenvalue weighted by Gasteiger charge is -2.29. The summed E-state index contributed by atoms with van der Waals surface area (Å²) >= 11 is 3.27. The first-order chi connectivity index (χ1) is 9.08. The first-order valence-electron chi connectivity index (χ1n) is 6.48. The zero-order valence-corrected chi connectivity index (χ0v) is 12.2. The lowest BCUT2D eigenvalue weighted by Crippen LogP contribution is -2.36. The van der Waals surface area contributed by atoms with Crippen LogP contribution in [-0.4, -0.2) is 35.6 Å². The minimum atomic E-state index is -0.970. The average Bonchev–Trinajstić information content (AvgIpc) is 2.40. The molecule has 1 heterocycles. The number of hydrogen-bond acceptors (Lipinski definition) is 2. The Labute approximate surface area is 120 Å². The molecule has 1 atom stereocenters. The summed E-state index contributed by atoms with van der Waals surface area (Å²) in [6.07, 6.45) is 3.38. The van der Waals surface area contributed by atoms with Crippen molar-refractivity contribution in [1.29, 1.82) is 0 Å². The summed E-state index contributed by atoms with van der Waals surface area (Å²) in [4.78, 5) is 13.5. The minimum absolute atomic E-state index is 0.257. The van der Waals surface area contributed by atoms with Gasteiger partial charge >= 0.3 is 5.97 Å². The number of aliphatic carboxylic acids is 1. The highest BCUT2D eigenvalue weighted by Crippen LogP contribution is 2.25. The number of halogens is 2. The van der Waals surface area contributed by atoms with Gasteiger partial charge in [0.15, 0.2) is 0 Å². The molecule has 1 saturated heterocycles. The van der Waals surface area contributed by atoms with Gasteiger partial charge in [0.05, 0.1) is 5.92 Å². The van der Waals surface area contributed by atoms with Crippen molar-refractivity contribution in [3.8, 4) is 0 Å². The first kappa shape index (κ1) is 14.5. The van der Waals surface area contributed by atoms with Gasteiger partial charge in [0.25, 0.3) is 0 Å². The van der Waals surface area contributed by atoms with E-state index in [0.717, 1.165) is 25.9 Å². The predicted molar refractivity (Wildman–Crippen MR) is 74.8 cm³/mol. The zero-order chi connectivity index (χ0) is 13.8. The minimum Gasteiger partial charge on any atom is -0.481 e. The number of nitrogens with zero attached hydrogens (tertiary/aromatic N) is 1. The van der Waals surface area contributed by atoms with Crippen LogP contribution in [0.15, 0.2) is 22.7 Å². The molecule has 1 aliphatic heterocycles. The molecule has 1 fully saturated rings. The van der Waals surface area contributed by atoms with Crippen molar-refractivity contribution >= 4 is 21.9 Å². The fourth-order valence-corrected chi connectivity index (χ4v) is 2.87. The smallest absolute Gasteiger partial charge is 0.312 e. The molecule has 19 heavy (non-hydrogen) atoms. The van der Waals surface area contributed by atoms with E-state index in [2.05, 4.69) is 20.8 Å². The largest absolute Gasteiger partial charge is 0.481 e. The van der Waals surface area contributed by atoms with E-state index in [0.29, 0.717) is 11.0 Å². The summed E-state index contributed by atoms with van der Waals surface area (Å²) < 4.78 is 14.5. The fourth-order valence-electron chi connectivity index (χ4n) is 2.49. The summed E-state index contributed by atoms with van der Waals surface area (Å²) in [5.41, 5.74) is 0.257. The van der Waals surface area contributed by atoms with Crippen LogP contribution >= 0.6 is 15.9 Å². The third-order valence-electron chi connectivity index (χ3n) is 3.52. The number of carboxylic acids is 1. The van der Waals surface area contributed by atoms with Crippen molar-refractivity contribution in [2.24, 2.45) is 0 Å². The van der Waals surface area contributed by atoms with Crippen molar-refractivity contribution in [3.63, 3.8) is 0 Å². The summed E-state index contributed by atoms with van der Waals surface area (Å²) in [7, 11) is 0. The molecular weight excluding hydrogens is 313 g/mol. The van der Waals surface area contributed by atoms with E-state index in [-0.39, 0.29) is 5.56 Å². The van der Waals surface area contributed by atoms with E-state index >= 15 is 0 Å². The molecule has 3 nitrogen and oxygen atoms in total. The Morgan fingerprint density at radius 3 is 2.68 bits per heavy atom. The highest BCUT2D eigenvalue weighted by atomic mass is 79.9. The maximum atomic E-state index is 13.8. The lowest BCUT2D eigenvalue weighted by molar-refractivity contribution is -0.139. The number of piperidine rings is 1. The zero-order valence-electron chi connectivity index (χ0n) is 10.6. The number of likely N-dealkylation sites (tertiary alicyclic amines) is 1. The third-order valence-corrected chi connectivity index (χ3v) is 4.01. The third kappa shape index (κ3) is 3.76. The van der Waals surface area contributed by atoms with Gasteiger partial charge in [-0.05, 0) is 44.1 Å².